The number of hydrogen-bond donors (Lipinski definition) is 2. The second-order valence-electron chi connectivity index (χ2n) is 5.65. The van der Waals surface area contributed by atoms with E-state index in [1.165, 1.54) is 4.90 Å². The first-order valence-electron chi connectivity index (χ1n) is 7.59. The molecule has 134 valence electrons. The van der Waals surface area contributed by atoms with E-state index in [-0.39, 0.29) is 36.9 Å². The monoisotopic (exact) mass is 357 g/mol. The van der Waals surface area contributed by atoms with Gasteiger partial charge < -0.3 is 25.4 Å². The maximum atomic E-state index is 12.2. The molecule has 1 aromatic rings. The Bertz CT molecular complexity index is 568. The zero-order valence-corrected chi connectivity index (χ0v) is 14.7. The van der Waals surface area contributed by atoms with Crippen LogP contribution in [0.25, 0.3) is 0 Å². The minimum Gasteiger partial charge on any atom is -0.484 e. The number of amides is 2. The lowest BCUT2D eigenvalue weighted by Gasteiger charge is -2.14. The Morgan fingerprint density at radius 1 is 1.38 bits per heavy atom. The van der Waals surface area contributed by atoms with E-state index in [1.807, 2.05) is 0 Å². The Hall–Kier alpha value is -1.83. The minimum absolute atomic E-state index is 0. The molecule has 0 aromatic heterocycles. The molecule has 1 fully saturated rings. The molecule has 0 radical (unpaired) electrons. The van der Waals surface area contributed by atoms with Crippen molar-refractivity contribution in [1.82, 2.24) is 4.90 Å². The van der Waals surface area contributed by atoms with Crippen molar-refractivity contribution in [2.24, 2.45) is 5.73 Å². The molecule has 2 rings (SSSR count). The van der Waals surface area contributed by atoms with Gasteiger partial charge >= 0.3 is 0 Å². The topological polar surface area (TPSA) is 93.9 Å². The van der Waals surface area contributed by atoms with Crippen LogP contribution >= 0.6 is 12.4 Å². The first-order valence-corrected chi connectivity index (χ1v) is 7.59. The molecule has 1 saturated heterocycles. The zero-order chi connectivity index (χ0) is 16.8. The number of likely N-dealkylation sites (N-methyl/N-ethyl adjacent to an activating group) is 1. The first kappa shape index (κ1) is 20.2. The first-order chi connectivity index (χ1) is 11.0. The van der Waals surface area contributed by atoms with Crippen LogP contribution < -0.4 is 15.8 Å². The number of nitrogens with zero attached hydrogens (tertiary/aromatic N) is 1. The molecular weight excluding hydrogens is 334 g/mol. The summed E-state index contributed by atoms with van der Waals surface area (Å²) in [6.45, 7) is 0.376. The van der Waals surface area contributed by atoms with Crippen molar-refractivity contribution < 1.29 is 19.1 Å². The second kappa shape index (κ2) is 9.46. The van der Waals surface area contributed by atoms with Gasteiger partial charge in [-0.15, -0.1) is 12.4 Å². The number of halogens is 1. The van der Waals surface area contributed by atoms with Crippen molar-refractivity contribution in [3.63, 3.8) is 0 Å². The van der Waals surface area contributed by atoms with Crippen molar-refractivity contribution >= 4 is 29.9 Å². The van der Waals surface area contributed by atoms with Crippen molar-refractivity contribution in [1.29, 1.82) is 0 Å². The molecule has 0 unspecified atom stereocenters. The number of hydrogen-bond acceptors (Lipinski definition) is 5. The van der Waals surface area contributed by atoms with E-state index >= 15 is 0 Å². The molecule has 8 heteroatoms. The van der Waals surface area contributed by atoms with Gasteiger partial charge in [-0.05, 0) is 25.0 Å². The molecule has 24 heavy (non-hydrogen) atoms. The Morgan fingerprint density at radius 2 is 2.12 bits per heavy atom. The molecule has 1 aromatic carbocycles. The summed E-state index contributed by atoms with van der Waals surface area (Å²) in [4.78, 5) is 25.1. The van der Waals surface area contributed by atoms with Crippen LogP contribution in [-0.2, 0) is 14.3 Å². The minimum atomic E-state index is -0.469. The third-order valence-electron chi connectivity index (χ3n) is 3.63. The van der Waals surface area contributed by atoms with Crippen molar-refractivity contribution in [3.05, 3.63) is 24.3 Å². The van der Waals surface area contributed by atoms with E-state index in [2.05, 4.69) is 5.32 Å². The van der Waals surface area contributed by atoms with Gasteiger partial charge in [0.2, 0.25) is 0 Å². The maximum Gasteiger partial charge on any atom is 0.259 e. The van der Waals surface area contributed by atoms with Crippen LogP contribution in [0, 0.1) is 0 Å². The van der Waals surface area contributed by atoms with Gasteiger partial charge in [0.05, 0.1) is 6.10 Å². The van der Waals surface area contributed by atoms with E-state index in [1.54, 1.807) is 38.4 Å². The highest BCUT2D eigenvalue weighted by atomic mass is 35.5. The van der Waals surface area contributed by atoms with Gasteiger partial charge in [0, 0.05) is 32.4 Å². The van der Waals surface area contributed by atoms with E-state index in [4.69, 9.17) is 15.2 Å². The quantitative estimate of drug-likeness (QED) is 0.792. The number of carbonyl (C=O) groups is 2. The summed E-state index contributed by atoms with van der Waals surface area (Å²) in [5.74, 6) is 0.194. The molecule has 1 aliphatic rings. The normalized spacial score (nSPS) is 19.3. The number of rotatable bonds is 6. The smallest absolute Gasteiger partial charge is 0.259 e. The van der Waals surface area contributed by atoms with Crippen LogP contribution in [0.1, 0.15) is 12.8 Å². The lowest BCUT2D eigenvalue weighted by Crippen LogP contribution is -2.29. The van der Waals surface area contributed by atoms with Crippen LogP contribution in [0.4, 0.5) is 5.69 Å². The highest BCUT2D eigenvalue weighted by molar-refractivity contribution is 5.94. The lowest BCUT2D eigenvalue weighted by atomic mass is 10.2. The summed E-state index contributed by atoms with van der Waals surface area (Å²) in [5, 5.41) is 2.80. The molecular formula is C16H24ClN3O4. The molecule has 2 amide bonds. The van der Waals surface area contributed by atoms with Crippen LogP contribution in [-0.4, -0.2) is 56.2 Å². The summed E-state index contributed by atoms with van der Waals surface area (Å²) in [6.07, 6.45) is 0.951. The summed E-state index contributed by atoms with van der Waals surface area (Å²) < 4.78 is 11.0. The molecule has 1 heterocycles. The van der Waals surface area contributed by atoms with E-state index in [9.17, 15) is 9.59 Å². The molecule has 0 saturated carbocycles. The third-order valence-corrected chi connectivity index (χ3v) is 3.63. The van der Waals surface area contributed by atoms with Gasteiger partial charge in [0.15, 0.2) is 6.61 Å². The maximum absolute atomic E-state index is 12.2. The predicted molar refractivity (Wildman–Crippen MR) is 93.5 cm³/mol. The summed E-state index contributed by atoms with van der Waals surface area (Å²) in [7, 11) is 3.33. The number of nitrogens with two attached hydrogens (primary N) is 1. The third kappa shape index (κ3) is 5.67. The molecule has 1 aliphatic heterocycles. The van der Waals surface area contributed by atoms with Gasteiger partial charge in [-0.2, -0.15) is 0 Å². The second-order valence-corrected chi connectivity index (χ2v) is 5.65. The number of benzene rings is 1. The fourth-order valence-electron chi connectivity index (χ4n) is 2.23. The molecule has 2 atom stereocenters. The lowest BCUT2D eigenvalue weighted by molar-refractivity contribution is -0.130. The van der Waals surface area contributed by atoms with Gasteiger partial charge in [-0.25, -0.2) is 0 Å². The van der Waals surface area contributed by atoms with Gasteiger partial charge in [0.25, 0.3) is 11.8 Å². The molecule has 0 aliphatic carbocycles. The van der Waals surface area contributed by atoms with E-state index in [0.29, 0.717) is 24.4 Å². The molecule has 0 bridgehead atoms. The van der Waals surface area contributed by atoms with Crippen molar-refractivity contribution in [2.75, 3.05) is 32.6 Å². The largest absolute Gasteiger partial charge is 0.484 e. The molecule has 0 spiro atoms. The van der Waals surface area contributed by atoms with Crippen molar-refractivity contribution in [3.8, 4) is 5.75 Å². The molecule has 7 nitrogen and oxygen atoms in total. The van der Waals surface area contributed by atoms with Crippen molar-refractivity contribution in [2.45, 2.75) is 25.0 Å². The number of nitrogens with one attached hydrogen (secondary N) is 1. The Morgan fingerprint density at radius 3 is 2.75 bits per heavy atom. The van der Waals surface area contributed by atoms with E-state index in [0.717, 1.165) is 6.42 Å². The fraction of sp³-hybridized carbons (Fsp3) is 0.500. The van der Waals surface area contributed by atoms with Crippen LogP contribution in [0.15, 0.2) is 24.3 Å². The van der Waals surface area contributed by atoms with Crippen LogP contribution in [0.5, 0.6) is 5.75 Å². The number of ether oxygens (including phenoxy) is 2. The van der Waals surface area contributed by atoms with Gasteiger partial charge in [-0.3, -0.25) is 9.59 Å². The Balaban J connectivity index is 0.00000288. The average molecular weight is 358 g/mol. The summed E-state index contributed by atoms with van der Waals surface area (Å²) in [6, 6.07) is 6.92. The fourth-order valence-corrected chi connectivity index (χ4v) is 2.23. The standard InChI is InChI=1S/C16H23N3O4.ClH/c1-19(2)15(20)10-22-12-5-3-4-11(8-12)18-16(21)14-7-6-13(9-17)23-14;/h3-5,8,13-14H,6-7,9-10,17H2,1-2H3,(H,18,21);1H/t13-,14+;/m1./s1. The van der Waals surface area contributed by atoms with Gasteiger partial charge in [0.1, 0.15) is 11.9 Å². The molecule has 3 N–H and O–H groups in total. The SMILES string of the molecule is CN(C)C(=O)COc1cccc(NC(=O)[C@@H]2CC[C@H](CN)O2)c1.Cl. The zero-order valence-electron chi connectivity index (χ0n) is 13.9. The van der Waals surface area contributed by atoms with Gasteiger partial charge in [-0.1, -0.05) is 6.07 Å². The Labute approximate surface area is 147 Å². The van der Waals surface area contributed by atoms with E-state index < -0.39 is 6.10 Å². The average Bonchev–Trinajstić information content (AvgIpc) is 3.02. The highest BCUT2D eigenvalue weighted by Gasteiger charge is 2.29. The summed E-state index contributed by atoms with van der Waals surface area (Å²) in [5.41, 5.74) is 6.14. The summed E-state index contributed by atoms with van der Waals surface area (Å²) >= 11 is 0. The Kier molecular flexibility index (Phi) is 7.97. The highest BCUT2D eigenvalue weighted by Crippen LogP contribution is 2.22. The van der Waals surface area contributed by atoms with Crippen LogP contribution in [0.2, 0.25) is 0 Å². The number of anilines is 1. The number of carbonyl (C=O) groups excluding carboxylic acids is 2. The van der Waals surface area contributed by atoms with Crippen LogP contribution in [0.3, 0.4) is 0 Å². The predicted octanol–water partition coefficient (Wildman–Crippen LogP) is 1.02.